The average Bonchev–Trinajstić information content (AvgIpc) is 2.58. The molecule has 1 atom stereocenters. The summed E-state index contributed by atoms with van der Waals surface area (Å²) < 4.78 is 45.4. The summed E-state index contributed by atoms with van der Waals surface area (Å²) in [6.45, 7) is 3.68. The van der Waals surface area contributed by atoms with E-state index in [2.05, 4.69) is 4.98 Å². The highest BCUT2D eigenvalue weighted by Crippen LogP contribution is 2.38. The van der Waals surface area contributed by atoms with Crippen LogP contribution in [0.3, 0.4) is 0 Å². The van der Waals surface area contributed by atoms with Gasteiger partial charge in [0.1, 0.15) is 5.75 Å². The number of rotatable bonds is 6. The molecule has 0 aliphatic carbocycles. The lowest BCUT2D eigenvalue weighted by molar-refractivity contribution is -0.138. The Morgan fingerprint density at radius 2 is 2.00 bits per heavy atom. The fraction of sp³-hybridized carbons (Fsp3) is 0.333. The molecule has 0 bridgehead atoms. The number of nitrogens with zero attached hydrogens (tertiary/aromatic N) is 1. The van der Waals surface area contributed by atoms with Crippen LogP contribution in [0.4, 0.5) is 13.2 Å². The first-order valence-electron chi connectivity index (χ1n) is 7.77. The topological polar surface area (TPSA) is 59.4 Å². The van der Waals surface area contributed by atoms with Crippen molar-refractivity contribution >= 4 is 5.97 Å². The van der Waals surface area contributed by atoms with Crippen molar-refractivity contribution in [3.63, 3.8) is 0 Å². The van der Waals surface area contributed by atoms with Crippen molar-refractivity contribution in [3.8, 4) is 17.0 Å². The molecule has 1 N–H and O–H groups in total. The summed E-state index contributed by atoms with van der Waals surface area (Å²) in [5, 5.41) is 8.98. The Morgan fingerprint density at radius 1 is 1.28 bits per heavy atom. The van der Waals surface area contributed by atoms with Crippen LogP contribution in [0, 0.1) is 0 Å². The monoisotopic (exact) mass is 353 g/mol. The number of halogens is 3. The Hall–Kier alpha value is -2.57. The molecule has 1 heterocycles. The number of carboxylic acids is 1. The zero-order valence-corrected chi connectivity index (χ0v) is 13.8. The van der Waals surface area contributed by atoms with Gasteiger partial charge in [-0.15, -0.1) is 0 Å². The molecule has 0 fully saturated rings. The summed E-state index contributed by atoms with van der Waals surface area (Å²) in [5.41, 5.74) is -0.373. The van der Waals surface area contributed by atoms with E-state index in [9.17, 15) is 18.0 Å². The van der Waals surface area contributed by atoms with Crippen molar-refractivity contribution in [1.29, 1.82) is 0 Å². The van der Waals surface area contributed by atoms with E-state index >= 15 is 0 Å². The molecule has 2 rings (SSSR count). The normalized spacial score (nSPS) is 12.7. The first kappa shape index (κ1) is 18.8. The summed E-state index contributed by atoms with van der Waals surface area (Å²) in [7, 11) is 0. The molecule has 7 heteroatoms. The molecule has 0 aliphatic rings. The van der Waals surface area contributed by atoms with E-state index in [1.165, 1.54) is 37.4 Å². The minimum atomic E-state index is -4.56. The number of benzene rings is 1. The quantitative estimate of drug-likeness (QED) is 0.815. The zero-order chi connectivity index (χ0) is 18.6. The van der Waals surface area contributed by atoms with Gasteiger partial charge in [-0.05, 0) is 43.2 Å². The minimum absolute atomic E-state index is 0.0779. The number of pyridine rings is 1. The van der Waals surface area contributed by atoms with Gasteiger partial charge in [-0.2, -0.15) is 13.2 Å². The average molecular weight is 353 g/mol. The highest BCUT2D eigenvalue weighted by atomic mass is 19.4. The van der Waals surface area contributed by atoms with Crippen LogP contribution in [0.25, 0.3) is 11.3 Å². The molecule has 0 saturated carbocycles. The van der Waals surface area contributed by atoms with Crippen LogP contribution in [0.15, 0.2) is 36.5 Å². The van der Waals surface area contributed by atoms with E-state index in [0.29, 0.717) is 18.6 Å². The molecule has 0 amide bonds. The number of aromatic nitrogens is 1. The van der Waals surface area contributed by atoms with Crippen LogP contribution in [0.1, 0.15) is 37.3 Å². The van der Waals surface area contributed by atoms with Gasteiger partial charge >= 0.3 is 12.1 Å². The summed E-state index contributed by atoms with van der Waals surface area (Å²) in [4.78, 5) is 15.0. The molecule has 0 saturated heterocycles. The Bertz CT molecular complexity index is 742. The first-order chi connectivity index (χ1) is 11.7. The Kier molecular flexibility index (Phi) is 5.66. The van der Waals surface area contributed by atoms with Gasteiger partial charge in [0.25, 0.3) is 0 Å². The maximum absolute atomic E-state index is 13.4. The first-order valence-corrected chi connectivity index (χ1v) is 7.77. The number of carboxylic acid groups (broad SMARTS) is 1. The standard InChI is InChI=1S/C18H18F3NO3/c1-3-8-25-13-5-6-14(15(9-13)18(19,20)21)16-7-4-12(10-22-16)11(2)17(23)24/h4-7,9-11H,3,8H2,1-2H3,(H,23,24). The lowest BCUT2D eigenvalue weighted by Gasteiger charge is -2.15. The molecule has 0 radical (unpaired) electrons. The molecule has 4 nitrogen and oxygen atoms in total. The van der Waals surface area contributed by atoms with E-state index in [1.807, 2.05) is 6.92 Å². The van der Waals surface area contributed by atoms with Crippen LogP contribution >= 0.6 is 0 Å². The zero-order valence-electron chi connectivity index (χ0n) is 13.8. The molecule has 1 unspecified atom stereocenters. The molecule has 0 aliphatic heterocycles. The van der Waals surface area contributed by atoms with Gasteiger partial charge in [-0.1, -0.05) is 13.0 Å². The summed E-state index contributed by atoms with van der Waals surface area (Å²) >= 11 is 0. The second-order valence-corrected chi connectivity index (χ2v) is 5.59. The van der Waals surface area contributed by atoms with Crippen molar-refractivity contribution < 1.29 is 27.8 Å². The maximum atomic E-state index is 13.4. The highest BCUT2D eigenvalue weighted by molar-refractivity contribution is 5.75. The maximum Gasteiger partial charge on any atom is 0.417 e. The second kappa shape index (κ2) is 7.55. The number of ether oxygens (including phenoxy) is 1. The predicted octanol–water partition coefficient (Wildman–Crippen LogP) is 4.74. The molecular formula is C18H18F3NO3. The van der Waals surface area contributed by atoms with Crippen molar-refractivity contribution in [3.05, 3.63) is 47.7 Å². The fourth-order valence-electron chi connectivity index (χ4n) is 2.25. The van der Waals surface area contributed by atoms with Gasteiger partial charge in [-0.25, -0.2) is 0 Å². The lowest BCUT2D eigenvalue weighted by atomic mass is 10.00. The van der Waals surface area contributed by atoms with Gasteiger partial charge < -0.3 is 9.84 Å². The third-order valence-electron chi connectivity index (χ3n) is 3.70. The number of aliphatic carboxylic acids is 1. The van der Waals surface area contributed by atoms with E-state index in [1.54, 1.807) is 0 Å². The molecule has 25 heavy (non-hydrogen) atoms. The van der Waals surface area contributed by atoms with Gasteiger partial charge in [0.15, 0.2) is 0 Å². The van der Waals surface area contributed by atoms with E-state index < -0.39 is 23.6 Å². The molecule has 1 aromatic carbocycles. The Balaban J connectivity index is 2.42. The minimum Gasteiger partial charge on any atom is -0.494 e. The smallest absolute Gasteiger partial charge is 0.417 e. The van der Waals surface area contributed by atoms with Gasteiger partial charge in [0.2, 0.25) is 0 Å². The second-order valence-electron chi connectivity index (χ2n) is 5.59. The number of hydrogen-bond donors (Lipinski definition) is 1. The molecule has 134 valence electrons. The molecule has 2 aromatic rings. The third kappa shape index (κ3) is 4.49. The van der Waals surface area contributed by atoms with Crippen LogP contribution in [0.5, 0.6) is 5.75 Å². The van der Waals surface area contributed by atoms with Crippen molar-refractivity contribution in [2.24, 2.45) is 0 Å². The highest BCUT2D eigenvalue weighted by Gasteiger charge is 2.34. The Labute approximate surface area is 143 Å². The fourth-order valence-corrected chi connectivity index (χ4v) is 2.25. The largest absolute Gasteiger partial charge is 0.494 e. The third-order valence-corrected chi connectivity index (χ3v) is 3.70. The van der Waals surface area contributed by atoms with Gasteiger partial charge in [0, 0.05) is 11.8 Å². The van der Waals surface area contributed by atoms with Crippen molar-refractivity contribution in [1.82, 2.24) is 4.98 Å². The molecule has 0 spiro atoms. The predicted molar refractivity (Wildman–Crippen MR) is 86.5 cm³/mol. The van der Waals surface area contributed by atoms with Crippen molar-refractivity contribution in [2.45, 2.75) is 32.4 Å². The van der Waals surface area contributed by atoms with Crippen LogP contribution in [-0.4, -0.2) is 22.7 Å². The lowest BCUT2D eigenvalue weighted by Crippen LogP contribution is -2.10. The van der Waals surface area contributed by atoms with Crippen LogP contribution < -0.4 is 4.74 Å². The number of carbonyl (C=O) groups is 1. The SMILES string of the molecule is CCCOc1ccc(-c2ccc(C(C)C(=O)O)cn2)c(C(F)(F)F)c1. The van der Waals surface area contributed by atoms with E-state index in [4.69, 9.17) is 9.84 Å². The summed E-state index contributed by atoms with van der Waals surface area (Å²) in [6, 6.07) is 6.61. The van der Waals surface area contributed by atoms with E-state index in [0.717, 1.165) is 6.07 Å². The summed E-state index contributed by atoms with van der Waals surface area (Å²) in [5.74, 6) is -1.66. The van der Waals surface area contributed by atoms with Crippen LogP contribution in [-0.2, 0) is 11.0 Å². The molecular weight excluding hydrogens is 335 g/mol. The number of hydrogen-bond acceptors (Lipinski definition) is 3. The Morgan fingerprint density at radius 3 is 2.52 bits per heavy atom. The van der Waals surface area contributed by atoms with Crippen molar-refractivity contribution in [2.75, 3.05) is 6.61 Å². The molecule has 1 aromatic heterocycles. The number of alkyl halides is 3. The van der Waals surface area contributed by atoms with Crippen LogP contribution in [0.2, 0.25) is 0 Å². The summed E-state index contributed by atoms with van der Waals surface area (Å²) in [6.07, 6.45) is -2.58. The van der Waals surface area contributed by atoms with Gasteiger partial charge in [-0.3, -0.25) is 9.78 Å². The van der Waals surface area contributed by atoms with Gasteiger partial charge in [0.05, 0.1) is 23.8 Å². The van der Waals surface area contributed by atoms with E-state index in [-0.39, 0.29) is 17.0 Å².